The molecule has 1 saturated heterocycles. The Hall–Kier alpha value is -3.25. The fourth-order valence-electron chi connectivity index (χ4n) is 3.82. The van der Waals surface area contributed by atoms with Gasteiger partial charge in [0.1, 0.15) is 12.4 Å². The van der Waals surface area contributed by atoms with Gasteiger partial charge in [0.05, 0.1) is 4.90 Å². The van der Waals surface area contributed by atoms with Crippen LogP contribution in [-0.4, -0.2) is 91.0 Å². The molecule has 3 rings (SSSR count). The van der Waals surface area contributed by atoms with Crippen molar-refractivity contribution in [2.45, 2.75) is 44.0 Å². The minimum atomic E-state index is -3.20. The second-order valence-corrected chi connectivity index (χ2v) is 10.6. The van der Waals surface area contributed by atoms with E-state index in [-0.39, 0.29) is 0 Å². The Morgan fingerprint density at radius 3 is 2.19 bits per heavy atom. The predicted octanol–water partition coefficient (Wildman–Crippen LogP) is 1.89. The molecule has 2 N–H and O–H groups in total. The highest BCUT2D eigenvalue weighted by molar-refractivity contribution is 7.90. The van der Waals surface area contributed by atoms with Crippen LogP contribution in [0.4, 0.5) is 5.95 Å². The Labute approximate surface area is 211 Å². The molecule has 2 heterocycles. The first-order valence-corrected chi connectivity index (χ1v) is 13.5. The Balaban J connectivity index is 0.000000678. The number of aromatic nitrogens is 2. The number of carboxylic acids is 2. The highest BCUT2D eigenvalue weighted by atomic mass is 32.2. The van der Waals surface area contributed by atoms with Gasteiger partial charge in [0, 0.05) is 44.3 Å². The maximum absolute atomic E-state index is 11.7. The lowest BCUT2D eigenvalue weighted by atomic mass is 10.0. The van der Waals surface area contributed by atoms with Crippen LogP contribution in [0.5, 0.6) is 5.75 Å². The van der Waals surface area contributed by atoms with Crippen molar-refractivity contribution < 1.29 is 33.0 Å². The van der Waals surface area contributed by atoms with Gasteiger partial charge >= 0.3 is 11.9 Å². The first-order chi connectivity index (χ1) is 16.9. The summed E-state index contributed by atoms with van der Waals surface area (Å²) < 4.78 is 29.3. The number of likely N-dealkylation sites (N-methyl/N-ethyl adjacent to an activating group) is 1. The standard InChI is InChI=1S/C22H32N4O3S.C2H2O4/c1-5-18-15-23-22(24-16-18)26-10-8-19(9-11-26)25(3)12-13-29-20-6-7-21(17(2)14-20)30(4,27)28;3-1(4)2(5)6/h6-7,14-16,19H,5,8-13H2,1-4H3;(H,3,4)(H,5,6). The van der Waals surface area contributed by atoms with Gasteiger partial charge in [-0.25, -0.2) is 28.0 Å². The molecule has 0 radical (unpaired) electrons. The third-order valence-electron chi connectivity index (χ3n) is 5.91. The minimum Gasteiger partial charge on any atom is -0.492 e. The van der Waals surface area contributed by atoms with Crippen LogP contribution in [-0.2, 0) is 25.8 Å². The topological polar surface area (TPSA) is 150 Å². The summed E-state index contributed by atoms with van der Waals surface area (Å²) in [5, 5.41) is 14.8. The van der Waals surface area contributed by atoms with Crippen molar-refractivity contribution >= 4 is 27.7 Å². The molecule has 12 heteroatoms. The van der Waals surface area contributed by atoms with Crippen molar-refractivity contribution in [3.63, 3.8) is 0 Å². The number of aliphatic carboxylic acids is 2. The number of aryl methyl sites for hydroxylation is 2. The number of piperidine rings is 1. The number of anilines is 1. The molecule has 0 amide bonds. The molecular weight excluding hydrogens is 488 g/mol. The highest BCUT2D eigenvalue weighted by Crippen LogP contribution is 2.22. The van der Waals surface area contributed by atoms with Crippen molar-refractivity contribution in [2.75, 3.05) is 44.4 Å². The van der Waals surface area contributed by atoms with E-state index in [1.807, 2.05) is 12.4 Å². The monoisotopic (exact) mass is 522 g/mol. The second-order valence-electron chi connectivity index (χ2n) is 8.60. The van der Waals surface area contributed by atoms with E-state index in [9.17, 15) is 8.42 Å². The van der Waals surface area contributed by atoms with Crippen LogP contribution in [0.1, 0.15) is 30.9 Å². The number of sulfone groups is 1. The number of benzene rings is 1. The number of nitrogens with zero attached hydrogens (tertiary/aromatic N) is 4. The molecule has 0 unspecified atom stereocenters. The van der Waals surface area contributed by atoms with Gasteiger partial charge in [0.2, 0.25) is 5.95 Å². The molecule has 1 aromatic heterocycles. The lowest BCUT2D eigenvalue weighted by Gasteiger charge is -2.36. The predicted molar refractivity (Wildman–Crippen MR) is 134 cm³/mol. The van der Waals surface area contributed by atoms with Gasteiger partial charge in [-0.05, 0) is 62.6 Å². The Kier molecular flexibility index (Phi) is 10.6. The Morgan fingerprint density at radius 1 is 1.14 bits per heavy atom. The number of hydrogen-bond acceptors (Lipinski definition) is 9. The Bertz CT molecular complexity index is 1120. The molecule has 11 nitrogen and oxygen atoms in total. The van der Waals surface area contributed by atoms with Crippen molar-refractivity contribution in [1.82, 2.24) is 14.9 Å². The summed E-state index contributed by atoms with van der Waals surface area (Å²) in [5.74, 6) is -2.12. The zero-order valence-corrected chi connectivity index (χ0v) is 21.9. The third-order valence-corrected chi connectivity index (χ3v) is 7.17. The summed E-state index contributed by atoms with van der Waals surface area (Å²) in [6.07, 6.45) is 8.15. The van der Waals surface area contributed by atoms with E-state index in [0.29, 0.717) is 28.9 Å². The molecule has 1 aliphatic rings. The average Bonchev–Trinajstić information content (AvgIpc) is 2.83. The molecule has 0 bridgehead atoms. The number of rotatable bonds is 8. The molecule has 0 aliphatic carbocycles. The van der Waals surface area contributed by atoms with Gasteiger partial charge in [0.25, 0.3) is 0 Å². The molecular formula is C24H34N4O7S. The summed E-state index contributed by atoms with van der Waals surface area (Å²) in [6, 6.07) is 5.65. The van der Waals surface area contributed by atoms with Crippen LogP contribution < -0.4 is 9.64 Å². The summed E-state index contributed by atoms with van der Waals surface area (Å²) in [7, 11) is -1.07. The van der Waals surface area contributed by atoms with Crippen LogP contribution in [0, 0.1) is 6.92 Å². The fourth-order valence-corrected chi connectivity index (χ4v) is 4.78. The van der Waals surface area contributed by atoms with Crippen molar-refractivity contribution in [3.8, 4) is 5.75 Å². The Morgan fingerprint density at radius 2 is 1.72 bits per heavy atom. The first kappa shape index (κ1) is 29.0. The smallest absolute Gasteiger partial charge is 0.414 e. The highest BCUT2D eigenvalue weighted by Gasteiger charge is 2.23. The molecule has 0 spiro atoms. The van der Waals surface area contributed by atoms with E-state index in [1.165, 1.54) is 6.26 Å². The molecule has 0 atom stereocenters. The summed E-state index contributed by atoms with van der Waals surface area (Å²) in [6.45, 7) is 7.19. The zero-order valence-electron chi connectivity index (χ0n) is 21.0. The lowest BCUT2D eigenvalue weighted by molar-refractivity contribution is -0.159. The van der Waals surface area contributed by atoms with Crippen LogP contribution in [0.25, 0.3) is 0 Å². The maximum atomic E-state index is 11.7. The van der Waals surface area contributed by atoms with E-state index < -0.39 is 21.8 Å². The quantitative estimate of drug-likeness (QED) is 0.489. The van der Waals surface area contributed by atoms with Gasteiger partial charge in [-0.3, -0.25) is 4.90 Å². The van der Waals surface area contributed by atoms with Crippen LogP contribution >= 0.6 is 0 Å². The number of carbonyl (C=O) groups is 2. The summed E-state index contributed by atoms with van der Waals surface area (Å²) >= 11 is 0. The normalized spacial score (nSPS) is 14.2. The van der Waals surface area contributed by atoms with E-state index >= 15 is 0 Å². The first-order valence-electron chi connectivity index (χ1n) is 11.6. The van der Waals surface area contributed by atoms with Crippen LogP contribution in [0.15, 0.2) is 35.5 Å². The van der Waals surface area contributed by atoms with Crippen molar-refractivity contribution in [1.29, 1.82) is 0 Å². The molecule has 1 aliphatic heterocycles. The SMILES string of the molecule is CCc1cnc(N2CCC(N(C)CCOc3ccc(S(C)(=O)=O)c(C)c3)CC2)nc1.O=C(O)C(=O)O. The summed E-state index contributed by atoms with van der Waals surface area (Å²) in [5.41, 5.74) is 1.87. The van der Waals surface area contributed by atoms with E-state index in [2.05, 4.69) is 33.7 Å². The molecule has 1 aromatic carbocycles. The van der Waals surface area contributed by atoms with Gasteiger partial charge < -0.3 is 19.8 Å². The lowest BCUT2D eigenvalue weighted by Crippen LogP contribution is -2.45. The van der Waals surface area contributed by atoms with Crippen LogP contribution in [0.3, 0.4) is 0 Å². The molecule has 198 valence electrons. The number of ether oxygens (including phenoxy) is 1. The average molecular weight is 523 g/mol. The summed E-state index contributed by atoms with van der Waals surface area (Å²) in [4.78, 5) is 32.1. The zero-order chi connectivity index (χ0) is 26.9. The molecule has 2 aromatic rings. The van der Waals surface area contributed by atoms with Gasteiger partial charge in [-0.2, -0.15) is 0 Å². The third kappa shape index (κ3) is 8.76. The minimum absolute atomic E-state index is 0.354. The van der Waals surface area contributed by atoms with Gasteiger partial charge in [0.15, 0.2) is 9.84 Å². The van der Waals surface area contributed by atoms with Crippen molar-refractivity contribution in [2.24, 2.45) is 0 Å². The van der Waals surface area contributed by atoms with Gasteiger partial charge in [-0.1, -0.05) is 6.92 Å². The van der Waals surface area contributed by atoms with E-state index in [1.54, 1.807) is 25.1 Å². The fraction of sp³-hybridized carbons (Fsp3) is 0.500. The van der Waals surface area contributed by atoms with Crippen molar-refractivity contribution in [3.05, 3.63) is 41.7 Å². The molecule has 1 fully saturated rings. The molecule has 0 saturated carbocycles. The maximum Gasteiger partial charge on any atom is 0.414 e. The molecule has 36 heavy (non-hydrogen) atoms. The van der Waals surface area contributed by atoms with E-state index in [0.717, 1.165) is 50.4 Å². The number of carboxylic acid groups (broad SMARTS) is 2. The second kappa shape index (κ2) is 13.2. The number of hydrogen-bond donors (Lipinski definition) is 2. The largest absolute Gasteiger partial charge is 0.492 e. The van der Waals surface area contributed by atoms with E-state index in [4.69, 9.17) is 24.5 Å². The van der Waals surface area contributed by atoms with Crippen LogP contribution in [0.2, 0.25) is 0 Å². The van der Waals surface area contributed by atoms with Gasteiger partial charge in [-0.15, -0.1) is 0 Å².